The summed E-state index contributed by atoms with van der Waals surface area (Å²) in [6.45, 7) is 3.87. The van der Waals surface area contributed by atoms with E-state index >= 15 is 0 Å². The van der Waals surface area contributed by atoms with Crippen LogP contribution in [0.1, 0.15) is 5.76 Å². The standard InChI is InChI=1S/C24H23Cl2N3O2/c1-28-10-12-29(13-11-28)22-5-3-2-4-21(22)27-24(30)9-7-20-6-8-23(31-20)17-14-18(25)16-19(26)15-17/h2-9,14-16H,10-13H2,1H3,(H,27,30)/b9-7+. The molecule has 0 aliphatic carbocycles. The lowest BCUT2D eigenvalue weighted by Gasteiger charge is -2.35. The molecule has 0 spiro atoms. The molecule has 0 atom stereocenters. The lowest BCUT2D eigenvalue weighted by atomic mass is 10.2. The maximum atomic E-state index is 12.5. The fourth-order valence-corrected chi connectivity index (χ4v) is 4.05. The number of amides is 1. The molecule has 3 aromatic rings. The molecular formula is C24H23Cl2N3O2. The van der Waals surface area contributed by atoms with Crippen molar-refractivity contribution < 1.29 is 9.21 Å². The molecule has 0 unspecified atom stereocenters. The largest absolute Gasteiger partial charge is 0.457 e. The second-order valence-corrected chi connectivity index (χ2v) is 8.36. The number of para-hydroxylation sites is 2. The van der Waals surface area contributed by atoms with Crippen LogP contribution in [0.4, 0.5) is 11.4 Å². The Morgan fingerprint density at radius 3 is 2.45 bits per heavy atom. The summed E-state index contributed by atoms with van der Waals surface area (Å²) in [4.78, 5) is 17.1. The molecule has 0 bridgehead atoms. The molecule has 2 aromatic carbocycles. The van der Waals surface area contributed by atoms with Gasteiger partial charge in [0.2, 0.25) is 5.91 Å². The average molecular weight is 456 g/mol. The molecule has 2 heterocycles. The predicted octanol–water partition coefficient (Wildman–Crippen LogP) is 5.66. The lowest BCUT2D eigenvalue weighted by molar-refractivity contribution is -0.111. The van der Waals surface area contributed by atoms with Gasteiger partial charge in [-0.1, -0.05) is 35.3 Å². The Morgan fingerprint density at radius 1 is 1.00 bits per heavy atom. The number of nitrogens with one attached hydrogen (secondary N) is 1. The quantitative estimate of drug-likeness (QED) is 0.504. The normalized spacial score (nSPS) is 14.9. The first-order chi connectivity index (χ1) is 15.0. The van der Waals surface area contributed by atoms with Gasteiger partial charge in [0.1, 0.15) is 11.5 Å². The fourth-order valence-electron chi connectivity index (χ4n) is 3.53. The number of piperazine rings is 1. The number of carbonyl (C=O) groups excluding carboxylic acids is 1. The van der Waals surface area contributed by atoms with E-state index in [2.05, 4.69) is 22.2 Å². The Morgan fingerprint density at radius 2 is 1.71 bits per heavy atom. The van der Waals surface area contributed by atoms with Gasteiger partial charge >= 0.3 is 0 Å². The number of halogens is 2. The number of carbonyl (C=O) groups is 1. The number of nitrogens with zero attached hydrogens (tertiary/aromatic N) is 2. The van der Waals surface area contributed by atoms with E-state index in [1.165, 1.54) is 6.08 Å². The number of hydrogen-bond acceptors (Lipinski definition) is 4. The molecule has 160 valence electrons. The van der Waals surface area contributed by atoms with Crippen molar-refractivity contribution in [2.75, 3.05) is 43.4 Å². The van der Waals surface area contributed by atoms with Gasteiger partial charge in [0.15, 0.2) is 0 Å². The molecule has 4 rings (SSSR count). The van der Waals surface area contributed by atoms with Crippen molar-refractivity contribution in [1.82, 2.24) is 4.90 Å². The zero-order valence-corrected chi connectivity index (χ0v) is 18.7. The highest BCUT2D eigenvalue weighted by atomic mass is 35.5. The average Bonchev–Trinajstić information content (AvgIpc) is 3.22. The van der Waals surface area contributed by atoms with Gasteiger partial charge in [-0.3, -0.25) is 4.79 Å². The van der Waals surface area contributed by atoms with Crippen LogP contribution >= 0.6 is 23.2 Å². The third kappa shape index (κ3) is 5.50. The van der Waals surface area contributed by atoms with Crippen LogP contribution in [0.2, 0.25) is 10.0 Å². The van der Waals surface area contributed by atoms with E-state index in [1.807, 2.05) is 30.3 Å². The van der Waals surface area contributed by atoms with Crippen LogP contribution in [0.15, 0.2) is 65.1 Å². The van der Waals surface area contributed by atoms with Gasteiger partial charge in [-0.05, 0) is 55.6 Å². The molecule has 0 radical (unpaired) electrons. The highest BCUT2D eigenvalue weighted by Crippen LogP contribution is 2.29. The summed E-state index contributed by atoms with van der Waals surface area (Å²) < 4.78 is 5.81. The van der Waals surface area contributed by atoms with E-state index in [1.54, 1.807) is 30.3 Å². The number of rotatable bonds is 5. The first-order valence-electron chi connectivity index (χ1n) is 10.1. The summed E-state index contributed by atoms with van der Waals surface area (Å²) in [5.41, 5.74) is 2.62. The van der Waals surface area contributed by atoms with Gasteiger partial charge in [0.25, 0.3) is 0 Å². The highest BCUT2D eigenvalue weighted by molar-refractivity contribution is 6.35. The van der Waals surface area contributed by atoms with Crippen molar-refractivity contribution in [3.63, 3.8) is 0 Å². The second-order valence-electron chi connectivity index (χ2n) is 7.49. The van der Waals surface area contributed by atoms with E-state index in [0.29, 0.717) is 21.6 Å². The zero-order chi connectivity index (χ0) is 21.8. The van der Waals surface area contributed by atoms with E-state index in [0.717, 1.165) is 43.1 Å². The maximum Gasteiger partial charge on any atom is 0.248 e. The summed E-state index contributed by atoms with van der Waals surface area (Å²) in [6, 6.07) is 16.7. The summed E-state index contributed by atoms with van der Waals surface area (Å²) >= 11 is 12.1. The van der Waals surface area contributed by atoms with Gasteiger partial charge < -0.3 is 19.5 Å². The number of likely N-dealkylation sites (N-methyl/N-ethyl adjacent to an activating group) is 1. The zero-order valence-electron chi connectivity index (χ0n) is 17.1. The van der Waals surface area contributed by atoms with E-state index < -0.39 is 0 Å². The third-order valence-corrected chi connectivity index (χ3v) is 5.62. The minimum Gasteiger partial charge on any atom is -0.457 e. The van der Waals surface area contributed by atoms with Crippen LogP contribution in [-0.4, -0.2) is 44.0 Å². The van der Waals surface area contributed by atoms with Crippen molar-refractivity contribution in [3.05, 3.63) is 76.5 Å². The van der Waals surface area contributed by atoms with Gasteiger partial charge in [0, 0.05) is 47.9 Å². The van der Waals surface area contributed by atoms with Gasteiger partial charge in [0.05, 0.1) is 11.4 Å². The molecule has 1 aliphatic rings. The summed E-state index contributed by atoms with van der Waals surface area (Å²) in [5, 5.41) is 4.06. The SMILES string of the molecule is CN1CCN(c2ccccc2NC(=O)/C=C/c2ccc(-c3cc(Cl)cc(Cl)c3)o2)CC1. The third-order valence-electron chi connectivity index (χ3n) is 5.18. The van der Waals surface area contributed by atoms with Crippen molar-refractivity contribution in [1.29, 1.82) is 0 Å². The summed E-state index contributed by atoms with van der Waals surface area (Å²) in [6.07, 6.45) is 3.11. The van der Waals surface area contributed by atoms with Gasteiger partial charge in [-0.25, -0.2) is 0 Å². The molecule has 1 N–H and O–H groups in total. The molecule has 1 aliphatic heterocycles. The first kappa shape index (κ1) is 21.5. The van der Waals surface area contributed by atoms with Gasteiger partial charge in [-0.15, -0.1) is 0 Å². The summed E-state index contributed by atoms with van der Waals surface area (Å²) in [5.74, 6) is 0.976. The van der Waals surface area contributed by atoms with Crippen LogP contribution in [0.3, 0.4) is 0 Å². The number of anilines is 2. The van der Waals surface area contributed by atoms with Crippen molar-refractivity contribution in [3.8, 4) is 11.3 Å². The molecule has 0 saturated carbocycles. The van der Waals surface area contributed by atoms with Crippen molar-refractivity contribution in [2.24, 2.45) is 0 Å². The minimum absolute atomic E-state index is 0.217. The fraction of sp³-hybridized carbons (Fsp3) is 0.208. The Hall–Kier alpha value is -2.73. The molecule has 31 heavy (non-hydrogen) atoms. The number of benzene rings is 2. The van der Waals surface area contributed by atoms with Gasteiger partial charge in [-0.2, -0.15) is 0 Å². The first-order valence-corrected chi connectivity index (χ1v) is 10.8. The molecule has 1 saturated heterocycles. The number of hydrogen-bond donors (Lipinski definition) is 1. The van der Waals surface area contributed by atoms with E-state index in [4.69, 9.17) is 27.6 Å². The second kappa shape index (κ2) is 9.60. The monoisotopic (exact) mass is 455 g/mol. The Balaban J connectivity index is 1.43. The molecule has 1 fully saturated rings. The maximum absolute atomic E-state index is 12.5. The predicted molar refractivity (Wildman–Crippen MR) is 128 cm³/mol. The molecule has 7 heteroatoms. The van der Waals surface area contributed by atoms with Crippen LogP contribution in [0.25, 0.3) is 17.4 Å². The summed E-state index contributed by atoms with van der Waals surface area (Å²) in [7, 11) is 2.12. The molecule has 1 amide bonds. The lowest BCUT2D eigenvalue weighted by Crippen LogP contribution is -2.44. The Bertz CT molecular complexity index is 1080. The topological polar surface area (TPSA) is 48.7 Å². The smallest absolute Gasteiger partial charge is 0.248 e. The number of furan rings is 1. The minimum atomic E-state index is -0.217. The van der Waals surface area contributed by atoms with Crippen LogP contribution < -0.4 is 10.2 Å². The van der Waals surface area contributed by atoms with Crippen LogP contribution in [-0.2, 0) is 4.79 Å². The Labute approximate surface area is 191 Å². The Kier molecular flexibility index (Phi) is 6.66. The van der Waals surface area contributed by atoms with Crippen LogP contribution in [0, 0.1) is 0 Å². The van der Waals surface area contributed by atoms with Crippen molar-refractivity contribution >= 4 is 46.6 Å². The highest BCUT2D eigenvalue weighted by Gasteiger charge is 2.17. The molecule has 1 aromatic heterocycles. The molecule has 5 nitrogen and oxygen atoms in total. The van der Waals surface area contributed by atoms with Crippen molar-refractivity contribution in [2.45, 2.75) is 0 Å². The van der Waals surface area contributed by atoms with E-state index in [-0.39, 0.29) is 5.91 Å². The van der Waals surface area contributed by atoms with E-state index in [9.17, 15) is 4.79 Å². The molecular weight excluding hydrogens is 433 g/mol. The van der Waals surface area contributed by atoms with Crippen LogP contribution in [0.5, 0.6) is 0 Å².